The quantitative estimate of drug-likeness (QED) is 0.655. The minimum absolute atomic E-state index is 0. The zero-order chi connectivity index (χ0) is 21.1. The Balaban J connectivity index is 0.00000272. The predicted molar refractivity (Wildman–Crippen MR) is 125 cm³/mol. The van der Waals surface area contributed by atoms with Gasteiger partial charge in [-0.3, -0.25) is 0 Å². The lowest BCUT2D eigenvalue weighted by atomic mass is 9.97. The molecule has 1 aromatic carbocycles. The molecule has 4 N–H and O–H groups in total. The third-order valence-electron chi connectivity index (χ3n) is 6.04. The van der Waals surface area contributed by atoms with Crippen molar-refractivity contribution in [3.8, 4) is 0 Å². The number of hydrogen-bond donors (Lipinski definition) is 3. The van der Waals surface area contributed by atoms with Gasteiger partial charge in [-0.15, -0.1) is 0 Å². The highest BCUT2D eigenvalue weighted by atomic mass is 32.1. The second kappa shape index (κ2) is 9.84. The van der Waals surface area contributed by atoms with Crippen molar-refractivity contribution < 1.29 is 9.53 Å². The Bertz CT molecular complexity index is 889. The molecule has 1 atom stereocenters. The van der Waals surface area contributed by atoms with Crippen LogP contribution in [0, 0.1) is 0 Å². The fraction of sp³-hybridized carbons (Fsp3) is 0.500. The molecule has 0 spiro atoms. The zero-order valence-corrected chi connectivity index (χ0v) is 19.1. The van der Waals surface area contributed by atoms with Crippen molar-refractivity contribution in [3.63, 3.8) is 0 Å². The predicted octanol–water partition coefficient (Wildman–Crippen LogP) is 2.64. The summed E-state index contributed by atoms with van der Waals surface area (Å²) in [7, 11) is 0. The van der Waals surface area contributed by atoms with Crippen LogP contribution in [0.4, 0.5) is 10.7 Å². The van der Waals surface area contributed by atoms with Gasteiger partial charge in [-0.05, 0) is 32.3 Å². The Morgan fingerprint density at radius 2 is 2.00 bits per heavy atom. The molecule has 31 heavy (non-hydrogen) atoms. The molecule has 2 aromatic rings. The number of carbonyl (C=O) groups excluding carboxylic acids is 1. The number of nitrogens with one attached hydrogen (secondary N) is 2. The molecule has 168 valence electrons. The average Bonchev–Trinajstić information content (AvgIpc) is 3.03. The van der Waals surface area contributed by atoms with E-state index in [2.05, 4.69) is 15.6 Å². The van der Waals surface area contributed by atoms with Crippen LogP contribution in [-0.2, 0) is 16.8 Å². The van der Waals surface area contributed by atoms with Gasteiger partial charge in [0.25, 0.3) is 0 Å². The maximum absolute atomic E-state index is 13.2. The fourth-order valence-electron chi connectivity index (χ4n) is 4.15. The van der Waals surface area contributed by atoms with E-state index in [0.29, 0.717) is 25.1 Å². The summed E-state index contributed by atoms with van der Waals surface area (Å²) in [4.78, 5) is 24.2. The van der Waals surface area contributed by atoms with Crippen molar-refractivity contribution in [2.45, 2.75) is 50.9 Å². The van der Waals surface area contributed by atoms with Crippen LogP contribution in [0.3, 0.4) is 0 Å². The number of ether oxygens (including phenoxy) is 1. The standard InChI is InChI=1S/C22H30N6O2.H2S/c1-22(2)17-13-24-20(25-16-8-10-30-11-9-16)26-19(17)14-28(22)21(29)27-18(12-23)15-6-4-3-5-7-15;/h3-7,13,16,18H,8-12,14,23H2,1-2H3,(H,27,29)(H,24,25,26);1H2/t18-;/m1./s1. The molecule has 2 aliphatic rings. The summed E-state index contributed by atoms with van der Waals surface area (Å²) in [6.07, 6.45) is 3.73. The summed E-state index contributed by atoms with van der Waals surface area (Å²) >= 11 is 0. The molecule has 2 aliphatic heterocycles. The van der Waals surface area contributed by atoms with Crippen molar-refractivity contribution in [3.05, 3.63) is 53.3 Å². The molecular weight excluding hydrogens is 412 g/mol. The van der Waals surface area contributed by atoms with Gasteiger partial charge in [0.15, 0.2) is 0 Å². The van der Waals surface area contributed by atoms with Gasteiger partial charge in [-0.1, -0.05) is 30.3 Å². The lowest BCUT2D eigenvalue weighted by Crippen LogP contribution is -2.48. The maximum Gasteiger partial charge on any atom is 0.319 e. The number of aromatic nitrogens is 2. The molecule has 3 heterocycles. The molecule has 2 amide bonds. The molecule has 0 saturated carbocycles. The molecule has 1 aromatic heterocycles. The van der Waals surface area contributed by atoms with Crippen molar-refractivity contribution in [1.82, 2.24) is 20.2 Å². The summed E-state index contributed by atoms with van der Waals surface area (Å²) in [5.41, 5.74) is 8.27. The van der Waals surface area contributed by atoms with Crippen LogP contribution in [-0.4, -0.2) is 46.7 Å². The fourth-order valence-corrected chi connectivity index (χ4v) is 4.15. The smallest absolute Gasteiger partial charge is 0.319 e. The Morgan fingerprint density at radius 1 is 1.29 bits per heavy atom. The van der Waals surface area contributed by atoms with Crippen LogP contribution in [0.25, 0.3) is 0 Å². The normalized spacial score (nSPS) is 18.6. The van der Waals surface area contributed by atoms with Gasteiger partial charge in [0, 0.05) is 37.6 Å². The van der Waals surface area contributed by atoms with E-state index in [4.69, 9.17) is 15.5 Å². The summed E-state index contributed by atoms with van der Waals surface area (Å²) in [6.45, 7) is 6.32. The van der Waals surface area contributed by atoms with Crippen LogP contribution in [0.2, 0.25) is 0 Å². The highest BCUT2D eigenvalue weighted by Gasteiger charge is 2.42. The van der Waals surface area contributed by atoms with Crippen LogP contribution in [0.15, 0.2) is 36.5 Å². The Hall–Kier alpha value is -2.36. The molecule has 9 heteroatoms. The highest BCUT2D eigenvalue weighted by molar-refractivity contribution is 7.59. The number of carbonyl (C=O) groups is 1. The van der Waals surface area contributed by atoms with Gasteiger partial charge >= 0.3 is 6.03 Å². The first-order valence-corrected chi connectivity index (χ1v) is 10.5. The van der Waals surface area contributed by atoms with Crippen molar-refractivity contribution in [1.29, 1.82) is 0 Å². The molecule has 0 unspecified atom stereocenters. The number of nitrogens with two attached hydrogens (primary N) is 1. The van der Waals surface area contributed by atoms with E-state index in [1.165, 1.54) is 0 Å². The van der Waals surface area contributed by atoms with E-state index in [-0.39, 0.29) is 25.6 Å². The number of nitrogens with zero attached hydrogens (tertiary/aromatic N) is 3. The van der Waals surface area contributed by atoms with Crippen LogP contribution in [0.5, 0.6) is 0 Å². The van der Waals surface area contributed by atoms with Crippen LogP contribution < -0.4 is 16.4 Å². The number of amides is 2. The molecule has 1 fully saturated rings. The van der Waals surface area contributed by atoms with Crippen molar-refractivity contribution >= 4 is 25.5 Å². The van der Waals surface area contributed by atoms with Crippen molar-refractivity contribution in [2.24, 2.45) is 5.73 Å². The summed E-state index contributed by atoms with van der Waals surface area (Å²) in [6, 6.07) is 9.71. The first-order valence-electron chi connectivity index (χ1n) is 10.5. The number of hydrogen-bond acceptors (Lipinski definition) is 6. The van der Waals surface area contributed by atoms with Crippen LogP contribution in [0.1, 0.15) is 49.6 Å². The van der Waals surface area contributed by atoms with Gasteiger partial charge in [0.1, 0.15) is 0 Å². The number of rotatable bonds is 5. The summed E-state index contributed by atoms with van der Waals surface area (Å²) < 4.78 is 5.41. The van der Waals surface area contributed by atoms with E-state index in [1.54, 1.807) is 4.90 Å². The summed E-state index contributed by atoms with van der Waals surface area (Å²) in [5.74, 6) is 0.614. The monoisotopic (exact) mass is 444 g/mol. The Kier molecular flexibility index (Phi) is 7.40. The van der Waals surface area contributed by atoms with Gasteiger partial charge < -0.3 is 26.0 Å². The first-order chi connectivity index (χ1) is 14.5. The van der Waals surface area contributed by atoms with Crippen LogP contribution >= 0.6 is 13.5 Å². The minimum atomic E-state index is -0.507. The lowest BCUT2D eigenvalue weighted by Gasteiger charge is -2.33. The Labute approximate surface area is 190 Å². The molecule has 4 rings (SSSR count). The number of fused-ring (bicyclic) bond motifs is 1. The number of benzene rings is 1. The molecule has 0 bridgehead atoms. The number of anilines is 1. The van der Waals surface area contributed by atoms with E-state index in [9.17, 15) is 4.79 Å². The second-order valence-electron chi connectivity index (χ2n) is 8.38. The molecule has 0 aliphatic carbocycles. The molecule has 0 radical (unpaired) electrons. The van der Waals surface area contributed by atoms with E-state index in [1.807, 2.05) is 50.4 Å². The third-order valence-corrected chi connectivity index (χ3v) is 6.04. The minimum Gasteiger partial charge on any atom is -0.381 e. The largest absolute Gasteiger partial charge is 0.381 e. The summed E-state index contributed by atoms with van der Waals surface area (Å²) in [5, 5.41) is 6.49. The molecule has 1 saturated heterocycles. The average molecular weight is 445 g/mol. The molecular formula is C22H32N6O2S. The van der Waals surface area contributed by atoms with E-state index >= 15 is 0 Å². The van der Waals surface area contributed by atoms with Gasteiger partial charge in [0.05, 0.1) is 23.8 Å². The topological polar surface area (TPSA) is 105 Å². The second-order valence-corrected chi connectivity index (χ2v) is 8.38. The zero-order valence-electron chi connectivity index (χ0n) is 18.1. The van der Waals surface area contributed by atoms with Gasteiger partial charge in [-0.25, -0.2) is 14.8 Å². The van der Waals surface area contributed by atoms with Crippen molar-refractivity contribution in [2.75, 3.05) is 25.1 Å². The molecule has 8 nitrogen and oxygen atoms in total. The lowest BCUT2D eigenvalue weighted by molar-refractivity contribution is 0.0903. The van der Waals surface area contributed by atoms with Gasteiger partial charge in [-0.2, -0.15) is 13.5 Å². The third kappa shape index (κ3) is 4.94. The SMILES string of the molecule is CC1(C)c2cnc(NC3CCOCC3)nc2CN1C(=O)N[C@H](CN)c1ccccc1.S. The Morgan fingerprint density at radius 3 is 2.68 bits per heavy atom. The van der Waals surface area contributed by atoms with E-state index < -0.39 is 5.54 Å². The van der Waals surface area contributed by atoms with Gasteiger partial charge in [0.2, 0.25) is 5.95 Å². The highest BCUT2D eigenvalue weighted by Crippen LogP contribution is 2.38. The number of urea groups is 1. The van der Waals surface area contributed by atoms with E-state index in [0.717, 1.165) is 42.9 Å². The maximum atomic E-state index is 13.2. The first kappa shape index (κ1) is 23.3.